The lowest BCUT2D eigenvalue weighted by Gasteiger charge is -2.03. The minimum absolute atomic E-state index is 0.621. The smallest absolute Gasteiger partial charge is 0.212 e. The Morgan fingerprint density at radius 2 is 1.71 bits per heavy atom. The first-order valence-electron chi connectivity index (χ1n) is 4.45. The van der Waals surface area contributed by atoms with Crippen LogP contribution in [0.2, 0.25) is 0 Å². The molecule has 0 saturated heterocycles. The van der Waals surface area contributed by atoms with E-state index < -0.39 is 0 Å². The molecule has 0 N–H and O–H groups in total. The van der Waals surface area contributed by atoms with Crippen LogP contribution in [0.15, 0.2) is 41.5 Å². The van der Waals surface area contributed by atoms with Crippen LogP contribution < -0.4 is 0 Å². The molecule has 2 nitrogen and oxygen atoms in total. The van der Waals surface area contributed by atoms with Crippen molar-refractivity contribution in [2.75, 3.05) is 7.11 Å². The van der Waals surface area contributed by atoms with Gasteiger partial charge in [0, 0.05) is 12.3 Å². The lowest BCUT2D eigenvalue weighted by atomic mass is 10.1. The predicted octanol–water partition coefficient (Wildman–Crippen LogP) is 2.73. The Bertz CT molecular complexity index is 416. The summed E-state index contributed by atoms with van der Waals surface area (Å²) in [4.78, 5) is 4.13. The molecule has 1 aromatic rings. The summed E-state index contributed by atoms with van der Waals surface area (Å²) in [5.41, 5.74) is 2.34. The zero-order valence-electron chi connectivity index (χ0n) is 7.97. The van der Waals surface area contributed by atoms with Crippen LogP contribution >= 0.6 is 0 Å². The van der Waals surface area contributed by atoms with Gasteiger partial charge in [0.25, 0.3) is 0 Å². The van der Waals surface area contributed by atoms with Crippen LogP contribution in [0.3, 0.4) is 0 Å². The molecule has 1 aromatic carbocycles. The van der Waals surface area contributed by atoms with Gasteiger partial charge in [-0.25, -0.2) is 4.99 Å². The van der Waals surface area contributed by atoms with E-state index in [1.54, 1.807) is 13.3 Å². The van der Waals surface area contributed by atoms with E-state index in [1.165, 1.54) is 11.1 Å². The Hall–Kier alpha value is -1.83. The molecule has 1 aliphatic heterocycles. The lowest BCUT2D eigenvalue weighted by Crippen LogP contribution is -1.96. The fraction of sp³-hybridized carbons (Fsp3) is 0.0833. The monoisotopic (exact) mass is 185 g/mol. The summed E-state index contributed by atoms with van der Waals surface area (Å²) in [7, 11) is 1.62. The molecule has 0 aromatic heterocycles. The summed E-state index contributed by atoms with van der Waals surface area (Å²) in [6.45, 7) is 0. The van der Waals surface area contributed by atoms with Gasteiger partial charge in [-0.3, -0.25) is 0 Å². The van der Waals surface area contributed by atoms with Crippen molar-refractivity contribution in [3.05, 3.63) is 47.7 Å². The maximum Gasteiger partial charge on any atom is 0.212 e. The molecule has 0 spiro atoms. The second-order valence-electron chi connectivity index (χ2n) is 2.95. The fourth-order valence-electron chi connectivity index (χ4n) is 1.33. The van der Waals surface area contributed by atoms with Gasteiger partial charge >= 0.3 is 0 Å². The van der Waals surface area contributed by atoms with E-state index in [-0.39, 0.29) is 0 Å². The van der Waals surface area contributed by atoms with Gasteiger partial charge in [-0.15, -0.1) is 0 Å². The SMILES string of the molecule is COC1=N/C=C\c2ccccc2/C=C\1. The molecule has 0 saturated carbocycles. The third-order valence-electron chi connectivity index (χ3n) is 2.07. The number of nitrogens with zero attached hydrogens (tertiary/aromatic N) is 1. The molecule has 0 radical (unpaired) electrons. The van der Waals surface area contributed by atoms with Crippen LogP contribution in [0, 0.1) is 0 Å². The number of aliphatic imine (C=N–C) groups is 1. The summed E-state index contributed by atoms with van der Waals surface area (Å²) in [5.74, 6) is 0.621. The molecule has 0 fully saturated rings. The Morgan fingerprint density at radius 1 is 1.00 bits per heavy atom. The fourth-order valence-corrected chi connectivity index (χ4v) is 1.33. The third kappa shape index (κ3) is 1.74. The number of ether oxygens (including phenoxy) is 1. The minimum Gasteiger partial charge on any atom is -0.481 e. The van der Waals surface area contributed by atoms with Gasteiger partial charge < -0.3 is 4.74 Å². The molecule has 2 heteroatoms. The van der Waals surface area contributed by atoms with Gasteiger partial charge in [0.2, 0.25) is 5.90 Å². The molecular formula is C12H11NO. The molecule has 14 heavy (non-hydrogen) atoms. The third-order valence-corrected chi connectivity index (χ3v) is 2.07. The predicted molar refractivity (Wildman–Crippen MR) is 59.0 cm³/mol. The quantitative estimate of drug-likeness (QED) is 0.609. The van der Waals surface area contributed by atoms with Crippen LogP contribution in [0.5, 0.6) is 0 Å². The van der Waals surface area contributed by atoms with Crippen molar-refractivity contribution in [1.82, 2.24) is 0 Å². The average molecular weight is 185 g/mol. The van der Waals surface area contributed by atoms with E-state index in [2.05, 4.69) is 17.1 Å². The minimum atomic E-state index is 0.621. The van der Waals surface area contributed by atoms with Gasteiger partial charge in [0.05, 0.1) is 7.11 Å². The highest BCUT2D eigenvalue weighted by Gasteiger charge is 1.98. The maximum absolute atomic E-state index is 5.05. The molecule has 1 aliphatic rings. The molecule has 70 valence electrons. The Balaban J connectivity index is 2.44. The standard InChI is InChI=1S/C12H11NO/c1-14-12-7-6-10-4-2-3-5-11(10)8-9-13-12/h2-9H,1H3/b7-6-,9-8-,10-6?,11-8?,12-7?,13-9?,13-12+. The Morgan fingerprint density at radius 3 is 2.43 bits per heavy atom. The Kier molecular flexibility index (Phi) is 2.45. The average Bonchev–Trinajstić information content (AvgIpc) is 2.19. The number of rotatable bonds is 0. The Labute approximate surface area is 83.2 Å². The largest absolute Gasteiger partial charge is 0.481 e. The van der Waals surface area contributed by atoms with Crippen LogP contribution in [0.25, 0.3) is 12.2 Å². The second-order valence-corrected chi connectivity index (χ2v) is 2.95. The van der Waals surface area contributed by atoms with Crippen molar-refractivity contribution in [2.45, 2.75) is 0 Å². The molecule has 2 rings (SSSR count). The number of fused-ring (bicyclic) bond motifs is 1. The highest BCUT2D eigenvalue weighted by Crippen LogP contribution is 2.14. The summed E-state index contributed by atoms with van der Waals surface area (Å²) < 4.78 is 5.05. The number of hydrogen-bond acceptors (Lipinski definition) is 2. The topological polar surface area (TPSA) is 21.6 Å². The van der Waals surface area contributed by atoms with Gasteiger partial charge in [0.15, 0.2) is 0 Å². The second kappa shape index (κ2) is 3.92. The first-order chi connectivity index (χ1) is 6.90. The number of methoxy groups -OCH3 is 1. The zero-order valence-corrected chi connectivity index (χ0v) is 7.97. The van der Waals surface area contributed by atoms with Crippen molar-refractivity contribution in [2.24, 2.45) is 4.99 Å². The van der Waals surface area contributed by atoms with Gasteiger partial charge in [-0.1, -0.05) is 24.3 Å². The molecule has 0 unspecified atom stereocenters. The van der Waals surface area contributed by atoms with E-state index in [0.717, 1.165) is 0 Å². The molecule has 1 heterocycles. The van der Waals surface area contributed by atoms with Crippen molar-refractivity contribution < 1.29 is 4.74 Å². The van der Waals surface area contributed by atoms with E-state index in [0.29, 0.717) is 5.90 Å². The molecule has 0 atom stereocenters. The first kappa shape index (κ1) is 8.75. The van der Waals surface area contributed by atoms with E-state index in [1.807, 2.05) is 30.4 Å². The van der Waals surface area contributed by atoms with Gasteiger partial charge in [0.1, 0.15) is 0 Å². The molecule has 0 amide bonds. The summed E-state index contributed by atoms with van der Waals surface area (Å²) in [6, 6.07) is 8.15. The van der Waals surface area contributed by atoms with E-state index >= 15 is 0 Å². The van der Waals surface area contributed by atoms with Crippen molar-refractivity contribution >= 4 is 18.0 Å². The summed E-state index contributed by atoms with van der Waals surface area (Å²) in [5, 5.41) is 0. The highest BCUT2D eigenvalue weighted by molar-refractivity contribution is 5.93. The van der Waals surface area contributed by atoms with Crippen molar-refractivity contribution in [3.8, 4) is 0 Å². The van der Waals surface area contributed by atoms with E-state index in [9.17, 15) is 0 Å². The highest BCUT2D eigenvalue weighted by atomic mass is 16.5. The first-order valence-corrected chi connectivity index (χ1v) is 4.45. The van der Waals surface area contributed by atoms with Gasteiger partial charge in [-0.2, -0.15) is 0 Å². The number of benzene rings is 1. The maximum atomic E-state index is 5.05. The lowest BCUT2D eigenvalue weighted by molar-refractivity contribution is 0.407. The van der Waals surface area contributed by atoms with E-state index in [4.69, 9.17) is 4.74 Å². The van der Waals surface area contributed by atoms with Crippen molar-refractivity contribution in [1.29, 1.82) is 0 Å². The molecule has 0 aliphatic carbocycles. The number of hydrogen-bond donors (Lipinski definition) is 0. The van der Waals surface area contributed by atoms with Crippen LogP contribution in [-0.2, 0) is 4.74 Å². The van der Waals surface area contributed by atoms with Gasteiger partial charge in [-0.05, 0) is 23.3 Å². The normalized spacial score (nSPS) is 22.2. The zero-order chi connectivity index (χ0) is 9.80. The molecular weight excluding hydrogens is 174 g/mol. The summed E-state index contributed by atoms with van der Waals surface area (Å²) >= 11 is 0. The summed E-state index contributed by atoms with van der Waals surface area (Å²) in [6.07, 6.45) is 7.59. The van der Waals surface area contributed by atoms with Crippen LogP contribution in [-0.4, -0.2) is 13.0 Å². The van der Waals surface area contributed by atoms with Crippen LogP contribution in [0.4, 0.5) is 0 Å². The van der Waals surface area contributed by atoms with Crippen LogP contribution in [0.1, 0.15) is 11.1 Å². The molecule has 0 bridgehead atoms. The van der Waals surface area contributed by atoms with Crippen molar-refractivity contribution in [3.63, 3.8) is 0 Å².